The number of carboxylic acids is 1. The molecule has 3 aliphatic rings. The molecule has 0 unspecified atom stereocenters. The Balaban J connectivity index is 1.68. The van der Waals surface area contributed by atoms with E-state index >= 15 is 0 Å². The van der Waals surface area contributed by atoms with E-state index in [1.54, 1.807) is 23.4 Å². The van der Waals surface area contributed by atoms with Crippen LogP contribution in [0.1, 0.15) is 52.9 Å². The first kappa shape index (κ1) is 16.9. The van der Waals surface area contributed by atoms with Crippen molar-refractivity contribution in [3.8, 4) is 0 Å². The molecule has 142 valence electrons. The lowest BCUT2D eigenvalue weighted by atomic mass is 9.90. The summed E-state index contributed by atoms with van der Waals surface area (Å²) in [6.45, 7) is 2.48. The molecule has 0 atom stereocenters. The molecule has 7 heteroatoms. The van der Waals surface area contributed by atoms with Gasteiger partial charge in [0.15, 0.2) is 0 Å². The average molecular weight is 376 g/mol. The molecular weight excluding hydrogens is 356 g/mol. The standard InChI is InChI=1S/C21H20N4O3/c1-12-19-15-3-2-4-16(21(27)28)14(15)7-8-25(19)18(26)9-22-20(12)24-10-17(23-11-24)13-5-6-13/h2-4,10-11,13H,5-9H2,1H3,(H,27,28). The van der Waals surface area contributed by atoms with Crippen LogP contribution >= 0.6 is 0 Å². The van der Waals surface area contributed by atoms with Gasteiger partial charge in [0.25, 0.3) is 0 Å². The van der Waals surface area contributed by atoms with Gasteiger partial charge < -0.3 is 10.0 Å². The van der Waals surface area contributed by atoms with Crippen molar-refractivity contribution >= 4 is 23.4 Å². The van der Waals surface area contributed by atoms with Gasteiger partial charge in [-0.2, -0.15) is 0 Å². The first-order valence-electron chi connectivity index (χ1n) is 9.50. The van der Waals surface area contributed by atoms with E-state index in [9.17, 15) is 14.7 Å². The third kappa shape index (κ3) is 2.58. The number of carbonyl (C=O) groups excluding carboxylic acids is 1. The molecule has 0 radical (unpaired) electrons. The highest BCUT2D eigenvalue weighted by atomic mass is 16.4. The largest absolute Gasteiger partial charge is 0.478 e. The first-order chi connectivity index (χ1) is 13.5. The number of imidazole rings is 1. The van der Waals surface area contributed by atoms with E-state index in [1.165, 1.54) is 12.8 Å². The van der Waals surface area contributed by atoms with Crippen LogP contribution in [0, 0.1) is 0 Å². The number of carboxylic acid groups (broad SMARTS) is 1. The van der Waals surface area contributed by atoms with Crippen molar-refractivity contribution in [3.05, 3.63) is 58.7 Å². The monoisotopic (exact) mass is 376 g/mol. The van der Waals surface area contributed by atoms with Crippen molar-refractivity contribution in [2.75, 3.05) is 13.1 Å². The molecule has 1 aromatic heterocycles. The summed E-state index contributed by atoms with van der Waals surface area (Å²) < 4.78 is 1.89. The van der Waals surface area contributed by atoms with Gasteiger partial charge in [-0.25, -0.2) is 9.78 Å². The lowest BCUT2D eigenvalue weighted by Gasteiger charge is -2.32. The maximum atomic E-state index is 12.8. The highest BCUT2D eigenvalue weighted by Crippen LogP contribution is 2.39. The second-order valence-corrected chi connectivity index (χ2v) is 7.53. The Morgan fingerprint density at radius 3 is 2.86 bits per heavy atom. The first-order valence-corrected chi connectivity index (χ1v) is 9.50. The number of benzene rings is 1. The number of aliphatic imine (C=N–C) groups is 1. The van der Waals surface area contributed by atoms with Gasteiger partial charge in [-0.1, -0.05) is 12.1 Å². The molecule has 7 nitrogen and oxygen atoms in total. The molecule has 2 aliphatic heterocycles. The molecule has 1 N–H and O–H groups in total. The van der Waals surface area contributed by atoms with Crippen LogP contribution in [0.15, 0.2) is 41.3 Å². The van der Waals surface area contributed by atoms with Gasteiger partial charge in [0.05, 0.1) is 17.0 Å². The van der Waals surface area contributed by atoms with Gasteiger partial charge in [0.1, 0.15) is 18.7 Å². The molecule has 2 aromatic rings. The fourth-order valence-corrected chi connectivity index (χ4v) is 4.18. The SMILES string of the molecule is CC1=C2c3cccc(C(=O)O)c3CCN2C(=O)CN=C1n1cnc(C2CC2)c1. The van der Waals surface area contributed by atoms with Gasteiger partial charge in [-0.15, -0.1) is 0 Å². The van der Waals surface area contributed by atoms with Gasteiger partial charge in [0.2, 0.25) is 5.91 Å². The fraction of sp³-hybridized carbons (Fsp3) is 0.333. The van der Waals surface area contributed by atoms with E-state index in [2.05, 4.69) is 9.98 Å². The summed E-state index contributed by atoms with van der Waals surface area (Å²) in [4.78, 5) is 35.3. The van der Waals surface area contributed by atoms with Crippen LogP contribution in [-0.4, -0.2) is 50.4 Å². The van der Waals surface area contributed by atoms with Crippen molar-refractivity contribution in [2.45, 2.75) is 32.1 Å². The van der Waals surface area contributed by atoms with Crippen molar-refractivity contribution < 1.29 is 14.7 Å². The third-order valence-corrected chi connectivity index (χ3v) is 5.72. The number of nitrogens with zero attached hydrogens (tertiary/aromatic N) is 4. The van der Waals surface area contributed by atoms with Crippen LogP contribution in [0.4, 0.5) is 0 Å². The molecule has 1 fully saturated rings. The zero-order chi connectivity index (χ0) is 19.4. The van der Waals surface area contributed by atoms with Crippen LogP contribution in [0.25, 0.3) is 5.70 Å². The van der Waals surface area contributed by atoms with E-state index in [1.807, 2.05) is 23.8 Å². The molecule has 1 amide bonds. The van der Waals surface area contributed by atoms with E-state index < -0.39 is 5.97 Å². The Kier molecular flexibility index (Phi) is 3.72. The lowest BCUT2D eigenvalue weighted by Crippen LogP contribution is -2.37. The molecule has 0 bridgehead atoms. The Labute approximate surface area is 162 Å². The van der Waals surface area contributed by atoms with Crippen molar-refractivity contribution in [1.82, 2.24) is 14.5 Å². The fourth-order valence-electron chi connectivity index (χ4n) is 4.18. The molecule has 1 aliphatic carbocycles. The van der Waals surface area contributed by atoms with E-state index in [4.69, 9.17) is 0 Å². The van der Waals surface area contributed by atoms with Crippen LogP contribution in [0.3, 0.4) is 0 Å². The average Bonchev–Trinajstić information content (AvgIpc) is 3.45. The van der Waals surface area contributed by atoms with E-state index in [0.717, 1.165) is 28.1 Å². The van der Waals surface area contributed by atoms with Crippen LogP contribution < -0.4 is 0 Å². The van der Waals surface area contributed by atoms with Crippen molar-refractivity contribution in [3.63, 3.8) is 0 Å². The number of aromatic carboxylic acids is 1. The molecule has 5 rings (SSSR count). The topological polar surface area (TPSA) is 87.8 Å². The van der Waals surface area contributed by atoms with Gasteiger partial charge in [-0.05, 0) is 37.8 Å². The summed E-state index contributed by atoms with van der Waals surface area (Å²) in [6, 6.07) is 5.26. The normalized spacial score (nSPS) is 19.1. The molecule has 28 heavy (non-hydrogen) atoms. The smallest absolute Gasteiger partial charge is 0.335 e. The summed E-state index contributed by atoms with van der Waals surface area (Å²) in [6.07, 6.45) is 6.61. The quantitative estimate of drug-likeness (QED) is 0.872. The number of allylic oxidation sites excluding steroid dienone is 1. The van der Waals surface area contributed by atoms with Crippen molar-refractivity contribution in [1.29, 1.82) is 0 Å². The minimum Gasteiger partial charge on any atom is -0.478 e. The highest BCUT2D eigenvalue weighted by molar-refractivity contribution is 6.10. The summed E-state index contributed by atoms with van der Waals surface area (Å²) >= 11 is 0. The van der Waals surface area contributed by atoms with Crippen LogP contribution in [-0.2, 0) is 11.2 Å². The highest BCUT2D eigenvalue weighted by Gasteiger charge is 2.33. The summed E-state index contributed by atoms with van der Waals surface area (Å²) in [7, 11) is 0. The molecule has 0 saturated heterocycles. The predicted molar refractivity (Wildman–Crippen MR) is 103 cm³/mol. The lowest BCUT2D eigenvalue weighted by molar-refractivity contribution is -0.126. The molecule has 0 spiro atoms. The number of hydrogen-bond donors (Lipinski definition) is 1. The van der Waals surface area contributed by atoms with E-state index in [-0.39, 0.29) is 12.5 Å². The minimum absolute atomic E-state index is 0.0705. The molecule has 1 saturated carbocycles. The van der Waals surface area contributed by atoms with Gasteiger partial charge in [-0.3, -0.25) is 14.4 Å². The number of aromatic nitrogens is 2. The van der Waals surface area contributed by atoms with Crippen LogP contribution in [0.5, 0.6) is 0 Å². The molecule has 3 heterocycles. The predicted octanol–water partition coefficient (Wildman–Crippen LogP) is 2.53. The Morgan fingerprint density at radius 1 is 1.29 bits per heavy atom. The third-order valence-electron chi connectivity index (χ3n) is 5.72. The summed E-state index contributed by atoms with van der Waals surface area (Å²) in [5.41, 5.74) is 4.55. The Bertz CT molecular complexity index is 1080. The Morgan fingerprint density at radius 2 is 2.11 bits per heavy atom. The second kappa shape index (κ2) is 6.15. The zero-order valence-electron chi connectivity index (χ0n) is 15.6. The number of amides is 1. The molecular formula is C21H20N4O3. The number of hydrogen-bond acceptors (Lipinski definition) is 4. The molecule has 1 aromatic carbocycles. The number of rotatable bonds is 2. The zero-order valence-corrected chi connectivity index (χ0v) is 15.6. The second-order valence-electron chi connectivity index (χ2n) is 7.53. The van der Waals surface area contributed by atoms with E-state index in [0.29, 0.717) is 30.3 Å². The number of fused-ring (bicyclic) bond motifs is 3. The Hall–Kier alpha value is -3.22. The van der Waals surface area contributed by atoms with Crippen LogP contribution in [0.2, 0.25) is 0 Å². The minimum atomic E-state index is -0.943. The maximum absolute atomic E-state index is 12.8. The maximum Gasteiger partial charge on any atom is 0.335 e. The van der Waals surface area contributed by atoms with Gasteiger partial charge in [0, 0.05) is 29.8 Å². The summed E-state index contributed by atoms with van der Waals surface area (Å²) in [5, 5.41) is 9.57. The van der Waals surface area contributed by atoms with Gasteiger partial charge >= 0.3 is 5.97 Å². The summed E-state index contributed by atoms with van der Waals surface area (Å²) in [5.74, 6) is 0.213. The van der Waals surface area contributed by atoms with Crippen molar-refractivity contribution in [2.24, 2.45) is 4.99 Å². The number of carbonyl (C=O) groups is 2.